The van der Waals surface area contributed by atoms with Crippen molar-refractivity contribution in [3.05, 3.63) is 59.5 Å². The summed E-state index contributed by atoms with van der Waals surface area (Å²) >= 11 is 0. The number of aryl methyl sites for hydroxylation is 1. The second-order valence-electron chi connectivity index (χ2n) is 4.68. The number of benzene rings is 2. The van der Waals surface area contributed by atoms with E-state index in [0.29, 0.717) is 12.0 Å². The standard InChI is InChI=1S/C16H13FN2O2/c1-19-15-5-3-2-4-13(15)14(18-19)10-21-16-7-6-12(17)8-11(16)9-20/h2-9H,10H2,1H3. The van der Waals surface area contributed by atoms with Crippen LogP contribution in [0.4, 0.5) is 4.39 Å². The molecule has 0 atom stereocenters. The first-order chi connectivity index (χ1) is 10.2. The Hall–Kier alpha value is -2.69. The van der Waals surface area contributed by atoms with Gasteiger partial charge in [0.2, 0.25) is 0 Å². The molecule has 0 bridgehead atoms. The van der Waals surface area contributed by atoms with Gasteiger partial charge < -0.3 is 4.74 Å². The predicted octanol–water partition coefficient (Wildman–Crippen LogP) is 3.10. The molecule has 0 unspecified atom stereocenters. The quantitative estimate of drug-likeness (QED) is 0.691. The van der Waals surface area contributed by atoms with E-state index in [4.69, 9.17) is 4.74 Å². The monoisotopic (exact) mass is 284 g/mol. The van der Waals surface area contributed by atoms with Crippen LogP contribution in [0.5, 0.6) is 5.75 Å². The molecule has 0 saturated heterocycles. The molecule has 0 fully saturated rings. The summed E-state index contributed by atoms with van der Waals surface area (Å²) in [5, 5.41) is 5.40. The topological polar surface area (TPSA) is 44.1 Å². The fourth-order valence-electron chi connectivity index (χ4n) is 2.28. The number of aldehydes is 1. The van der Waals surface area contributed by atoms with Gasteiger partial charge in [-0.25, -0.2) is 4.39 Å². The van der Waals surface area contributed by atoms with Crippen LogP contribution in [0.25, 0.3) is 10.9 Å². The lowest BCUT2D eigenvalue weighted by atomic mass is 10.2. The van der Waals surface area contributed by atoms with Crippen molar-refractivity contribution >= 4 is 17.2 Å². The van der Waals surface area contributed by atoms with Crippen LogP contribution in [0, 0.1) is 5.82 Å². The van der Waals surface area contributed by atoms with E-state index in [1.807, 2.05) is 31.3 Å². The van der Waals surface area contributed by atoms with E-state index < -0.39 is 5.82 Å². The molecule has 0 spiro atoms. The van der Waals surface area contributed by atoms with Gasteiger partial charge in [0.25, 0.3) is 0 Å². The molecule has 21 heavy (non-hydrogen) atoms. The van der Waals surface area contributed by atoms with Gasteiger partial charge in [0, 0.05) is 12.4 Å². The van der Waals surface area contributed by atoms with Crippen LogP contribution < -0.4 is 4.74 Å². The van der Waals surface area contributed by atoms with Crippen LogP contribution in [0.3, 0.4) is 0 Å². The highest BCUT2D eigenvalue weighted by Gasteiger charge is 2.10. The lowest BCUT2D eigenvalue weighted by Gasteiger charge is -2.07. The molecule has 0 amide bonds. The van der Waals surface area contributed by atoms with Crippen LogP contribution in [0.2, 0.25) is 0 Å². The van der Waals surface area contributed by atoms with Crippen LogP contribution in [-0.2, 0) is 13.7 Å². The lowest BCUT2D eigenvalue weighted by Crippen LogP contribution is -2.00. The van der Waals surface area contributed by atoms with Crippen molar-refractivity contribution in [3.63, 3.8) is 0 Å². The van der Waals surface area contributed by atoms with E-state index in [9.17, 15) is 9.18 Å². The number of halogens is 1. The van der Waals surface area contributed by atoms with Gasteiger partial charge in [0.1, 0.15) is 23.9 Å². The van der Waals surface area contributed by atoms with E-state index in [0.717, 1.165) is 22.7 Å². The average Bonchev–Trinajstić information content (AvgIpc) is 2.83. The molecular formula is C16H13FN2O2. The van der Waals surface area contributed by atoms with Gasteiger partial charge in [0.05, 0.1) is 11.1 Å². The number of fused-ring (bicyclic) bond motifs is 1. The Labute approximate surface area is 120 Å². The number of hydrogen-bond acceptors (Lipinski definition) is 3. The summed E-state index contributed by atoms with van der Waals surface area (Å²) in [7, 11) is 1.86. The molecule has 106 valence electrons. The average molecular weight is 284 g/mol. The number of para-hydroxylation sites is 1. The predicted molar refractivity (Wildman–Crippen MR) is 76.8 cm³/mol. The summed E-state index contributed by atoms with van der Waals surface area (Å²) in [6.07, 6.45) is 0.578. The van der Waals surface area contributed by atoms with E-state index in [2.05, 4.69) is 5.10 Å². The Morgan fingerprint density at radius 2 is 2.10 bits per heavy atom. The zero-order valence-corrected chi connectivity index (χ0v) is 11.4. The summed E-state index contributed by atoms with van der Waals surface area (Å²) < 4.78 is 20.5. The minimum Gasteiger partial charge on any atom is -0.486 e. The third kappa shape index (κ3) is 2.50. The van der Waals surface area contributed by atoms with Crippen molar-refractivity contribution in [1.29, 1.82) is 0 Å². The fraction of sp³-hybridized carbons (Fsp3) is 0.125. The minimum absolute atomic E-state index is 0.190. The molecule has 0 saturated carbocycles. The van der Waals surface area contributed by atoms with E-state index >= 15 is 0 Å². The minimum atomic E-state index is -0.465. The SMILES string of the molecule is Cn1nc(COc2ccc(F)cc2C=O)c2ccccc21. The fourth-order valence-corrected chi connectivity index (χ4v) is 2.28. The number of carbonyl (C=O) groups is 1. The number of rotatable bonds is 4. The van der Waals surface area contributed by atoms with Gasteiger partial charge in [-0.1, -0.05) is 18.2 Å². The largest absolute Gasteiger partial charge is 0.486 e. The van der Waals surface area contributed by atoms with E-state index in [1.54, 1.807) is 4.68 Å². The Bertz CT molecular complexity index is 811. The Morgan fingerprint density at radius 1 is 1.29 bits per heavy atom. The van der Waals surface area contributed by atoms with E-state index in [1.165, 1.54) is 12.1 Å². The zero-order chi connectivity index (χ0) is 14.8. The molecule has 4 nitrogen and oxygen atoms in total. The maximum Gasteiger partial charge on any atom is 0.153 e. The molecule has 0 N–H and O–H groups in total. The first-order valence-electron chi connectivity index (χ1n) is 6.47. The molecule has 5 heteroatoms. The van der Waals surface area contributed by atoms with Gasteiger partial charge in [0.15, 0.2) is 6.29 Å². The highest BCUT2D eigenvalue weighted by Crippen LogP contribution is 2.22. The van der Waals surface area contributed by atoms with Crippen molar-refractivity contribution in [2.45, 2.75) is 6.61 Å². The third-order valence-corrected chi connectivity index (χ3v) is 3.30. The highest BCUT2D eigenvalue weighted by molar-refractivity contribution is 5.82. The maximum atomic E-state index is 13.1. The smallest absolute Gasteiger partial charge is 0.153 e. The molecule has 3 aromatic rings. The maximum absolute atomic E-state index is 13.1. The second kappa shape index (κ2) is 5.36. The molecule has 0 aliphatic rings. The summed E-state index contributed by atoms with van der Waals surface area (Å²) in [4.78, 5) is 10.9. The van der Waals surface area contributed by atoms with Crippen LogP contribution in [0.15, 0.2) is 42.5 Å². The third-order valence-electron chi connectivity index (χ3n) is 3.30. The highest BCUT2D eigenvalue weighted by atomic mass is 19.1. The molecule has 0 radical (unpaired) electrons. The molecule has 0 aliphatic carbocycles. The van der Waals surface area contributed by atoms with Crippen LogP contribution in [-0.4, -0.2) is 16.1 Å². The van der Waals surface area contributed by atoms with Gasteiger partial charge in [-0.15, -0.1) is 0 Å². The Kier molecular flexibility index (Phi) is 3.39. The molecule has 1 aromatic heterocycles. The van der Waals surface area contributed by atoms with Crippen LogP contribution in [0.1, 0.15) is 16.1 Å². The molecule has 2 aromatic carbocycles. The summed E-state index contributed by atoms with van der Waals surface area (Å²) in [6, 6.07) is 11.7. The van der Waals surface area contributed by atoms with Gasteiger partial charge in [-0.2, -0.15) is 5.10 Å². The molecule has 3 rings (SSSR count). The van der Waals surface area contributed by atoms with Crippen molar-refractivity contribution in [1.82, 2.24) is 9.78 Å². The van der Waals surface area contributed by atoms with E-state index in [-0.39, 0.29) is 12.2 Å². The summed E-state index contributed by atoms with van der Waals surface area (Å²) in [5.74, 6) is -0.117. The first kappa shape index (κ1) is 13.3. The Morgan fingerprint density at radius 3 is 2.90 bits per heavy atom. The number of aromatic nitrogens is 2. The summed E-state index contributed by atoms with van der Waals surface area (Å²) in [6.45, 7) is 0.216. The van der Waals surface area contributed by atoms with Gasteiger partial charge >= 0.3 is 0 Å². The van der Waals surface area contributed by atoms with Crippen molar-refractivity contribution in [3.8, 4) is 5.75 Å². The van der Waals surface area contributed by atoms with Crippen molar-refractivity contribution in [2.24, 2.45) is 7.05 Å². The van der Waals surface area contributed by atoms with Crippen molar-refractivity contribution < 1.29 is 13.9 Å². The number of ether oxygens (including phenoxy) is 1. The second-order valence-corrected chi connectivity index (χ2v) is 4.68. The Balaban J connectivity index is 1.89. The van der Waals surface area contributed by atoms with Crippen LogP contribution >= 0.6 is 0 Å². The number of nitrogens with zero attached hydrogens (tertiary/aromatic N) is 2. The number of carbonyl (C=O) groups excluding carboxylic acids is 1. The zero-order valence-electron chi connectivity index (χ0n) is 11.4. The normalized spacial score (nSPS) is 10.8. The summed E-state index contributed by atoms with van der Waals surface area (Å²) in [5.41, 5.74) is 1.97. The van der Waals surface area contributed by atoms with Gasteiger partial charge in [-0.3, -0.25) is 9.48 Å². The molecular weight excluding hydrogens is 271 g/mol. The number of hydrogen-bond donors (Lipinski definition) is 0. The first-order valence-corrected chi connectivity index (χ1v) is 6.47. The lowest BCUT2D eigenvalue weighted by molar-refractivity contribution is 0.111. The van der Waals surface area contributed by atoms with Crippen molar-refractivity contribution in [2.75, 3.05) is 0 Å². The molecule has 1 heterocycles. The molecule has 0 aliphatic heterocycles. The van der Waals surface area contributed by atoms with Gasteiger partial charge in [-0.05, 0) is 24.3 Å².